The maximum absolute atomic E-state index is 13.4. The van der Waals surface area contributed by atoms with Gasteiger partial charge in [-0.3, -0.25) is 19.2 Å². The van der Waals surface area contributed by atoms with E-state index in [1.165, 1.54) is 0 Å². The highest BCUT2D eigenvalue weighted by molar-refractivity contribution is 5.71. The van der Waals surface area contributed by atoms with E-state index < -0.39 is 103 Å². The summed E-state index contributed by atoms with van der Waals surface area (Å²) >= 11 is 0. The Morgan fingerprint density at radius 1 is 0.516 bits per heavy atom. The molecule has 0 aromatic heterocycles. The van der Waals surface area contributed by atoms with Crippen LogP contribution in [0.3, 0.4) is 0 Å². The predicted octanol–water partition coefficient (Wildman–Crippen LogP) is 3.79. The Kier molecular flexibility index (Phi) is 26.8. The van der Waals surface area contributed by atoms with Crippen molar-refractivity contribution in [1.82, 2.24) is 0 Å². The van der Waals surface area contributed by atoms with Crippen molar-refractivity contribution in [2.24, 2.45) is 28.7 Å². The van der Waals surface area contributed by atoms with Gasteiger partial charge in [0.1, 0.15) is 43.2 Å². The van der Waals surface area contributed by atoms with Gasteiger partial charge in [-0.15, -0.1) is 0 Å². The predicted molar refractivity (Wildman–Crippen MR) is 239 cm³/mol. The molecular formula is C46H85N5O13. The molecule has 3 rings (SSSR count). The van der Waals surface area contributed by atoms with Gasteiger partial charge < -0.3 is 71.7 Å². The molecule has 18 nitrogen and oxygen atoms in total. The van der Waals surface area contributed by atoms with Crippen LogP contribution in [0.15, 0.2) is 0 Å². The van der Waals surface area contributed by atoms with Gasteiger partial charge >= 0.3 is 23.9 Å². The van der Waals surface area contributed by atoms with Crippen LogP contribution in [0, 0.1) is 0 Å². The molecule has 0 aromatic rings. The quantitative estimate of drug-likeness (QED) is 0.0339. The molecule has 64 heavy (non-hydrogen) atoms. The molecular weight excluding hydrogens is 831 g/mol. The summed E-state index contributed by atoms with van der Waals surface area (Å²) in [7, 11) is 0. The third-order valence-corrected chi connectivity index (χ3v) is 12.3. The number of ether oxygens (including phenoxy) is 8. The Balaban J connectivity index is 1.84. The van der Waals surface area contributed by atoms with Gasteiger partial charge in [-0.05, 0) is 32.1 Å². The summed E-state index contributed by atoms with van der Waals surface area (Å²) in [5.74, 6) is -1.90. The van der Waals surface area contributed by atoms with Crippen molar-refractivity contribution < 1.29 is 62.2 Å². The van der Waals surface area contributed by atoms with E-state index in [0.717, 1.165) is 83.5 Å². The summed E-state index contributed by atoms with van der Waals surface area (Å²) < 4.78 is 48.7. The Morgan fingerprint density at radius 2 is 0.953 bits per heavy atom. The van der Waals surface area contributed by atoms with Crippen LogP contribution >= 0.6 is 0 Å². The van der Waals surface area contributed by atoms with E-state index in [1.807, 2.05) is 0 Å². The number of hydrogen-bond donors (Lipinski definition) is 6. The van der Waals surface area contributed by atoms with Crippen molar-refractivity contribution in [2.75, 3.05) is 13.2 Å². The second-order valence-corrected chi connectivity index (χ2v) is 17.9. The number of carbonyl (C=O) groups excluding carboxylic acids is 4. The average molecular weight is 916 g/mol. The van der Waals surface area contributed by atoms with Gasteiger partial charge in [0.05, 0.1) is 12.1 Å². The number of hydrogen-bond acceptors (Lipinski definition) is 18. The van der Waals surface area contributed by atoms with Gasteiger partial charge in [-0.1, -0.05) is 105 Å². The third kappa shape index (κ3) is 18.6. The topological polar surface area (TPSA) is 292 Å². The molecule has 14 unspecified atom stereocenters. The van der Waals surface area contributed by atoms with Crippen molar-refractivity contribution in [1.29, 1.82) is 0 Å². The highest BCUT2D eigenvalue weighted by Gasteiger charge is 2.53. The van der Waals surface area contributed by atoms with Crippen LogP contribution in [0.1, 0.15) is 169 Å². The molecule has 11 N–H and O–H groups in total. The first-order valence-corrected chi connectivity index (χ1v) is 24.5. The van der Waals surface area contributed by atoms with Gasteiger partial charge in [0.25, 0.3) is 0 Å². The van der Waals surface area contributed by atoms with Gasteiger partial charge in [-0.25, -0.2) is 0 Å². The lowest BCUT2D eigenvalue weighted by Crippen LogP contribution is -2.69. The summed E-state index contributed by atoms with van der Waals surface area (Å²) in [6.45, 7) is 7.98. The summed E-state index contributed by atoms with van der Waals surface area (Å²) in [6, 6.07) is -3.64. The van der Waals surface area contributed by atoms with Gasteiger partial charge in [0.15, 0.2) is 24.8 Å². The number of rotatable bonds is 30. The number of aliphatic hydroxyl groups excluding tert-OH is 1. The zero-order valence-corrected chi connectivity index (χ0v) is 39.3. The lowest BCUT2D eigenvalue weighted by Gasteiger charge is -2.48. The largest absolute Gasteiger partial charge is 0.463 e. The van der Waals surface area contributed by atoms with E-state index in [1.54, 1.807) is 0 Å². The lowest BCUT2D eigenvalue weighted by molar-refractivity contribution is -0.317. The fourth-order valence-corrected chi connectivity index (χ4v) is 8.46. The van der Waals surface area contributed by atoms with Crippen molar-refractivity contribution in [3.8, 4) is 0 Å². The van der Waals surface area contributed by atoms with Crippen molar-refractivity contribution in [3.63, 3.8) is 0 Å². The maximum Gasteiger partial charge on any atom is 0.306 e. The maximum atomic E-state index is 13.4. The Hall–Kier alpha value is -2.52. The first-order valence-electron chi connectivity index (χ1n) is 24.5. The fraction of sp³-hybridized carbons (Fsp3) is 0.913. The van der Waals surface area contributed by atoms with Crippen molar-refractivity contribution >= 4 is 23.9 Å². The van der Waals surface area contributed by atoms with E-state index in [-0.39, 0.29) is 57.6 Å². The number of nitrogens with two attached hydrogens (primary N) is 5. The molecule has 0 aromatic carbocycles. The van der Waals surface area contributed by atoms with Crippen LogP contribution in [-0.2, 0) is 57.1 Å². The summed E-state index contributed by atoms with van der Waals surface area (Å²) in [6.07, 6.45) is 3.47. The van der Waals surface area contributed by atoms with E-state index >= 15 is 0 Å². The number of aliphatic hydroxyl groups is 1. The molecule has 3 aliphatic rings. The van der Waals surface area contributed by atoms with Crippen LogP contribution in [0.2, 0.25) is 0 Å². The zero-order chi connectivity index (χ0) is 47.0. The molecule has 0 bridgehead atoms. The molecule has 0 spiro atoms. The monoisotopic (exact) mass is 916 g/mol. The van der Waals surface area contributed by atoms with Crippen LogP contribution in [0.5, 0.6) is 0 Å². The number of carbonyl (C=O) groups is 4. The molecule has 3 fully saturated rings. The van der Waals surface area contributed by atoms with Crippen LogP contribution in [-0.4, -0.2) is 128 Å². The Labute approximate surface area is 381 Å². The molecule has 2 heterocycles. The van der Waals surface area contributed by atoms with Crippen LogP contribution < -0.4 is 28.7 Å². The minimum atomic E-state index is -1.49. The minimum Gasteiger partial charge on any atom is -0.463 e. The highest BCUT2D eigenvalue weighted by atomic mass is 16.7. The second-order valence-electron chi connectivity index (χ2n) is 17.9. The van der Waals surface area contributed by atoms with E-state index in [0.29, 0.717) is 19.3 Å². The molecule has 2 saturated heterocycles. The second kappa shape index (κ2) is 30.7. The molecule has 0 radical (unpaired) electrons. The number of esters is 4. The fourth-order valence-electron chi connectivity index (χ4n) is 8.46. The molecule has 372 valence electrons. The molecule has 14 atom stereocenters. The first kappa shape index (κ1) is 55.8. The number of unbranched alkanes of at least 4 members (excludes halogenated alkanes) is 12. The van der Waals surface area contributed by atoms with E-state index in [9.17, 15) is 24.3 Å². The Morgan fingerprint density at radius 3 is 1.44 bits per heavy atom. The zero-order valence-electron chi connectivity index (χ0n) is 39.3. The summed E-state index contributed by atoms with van der Waals surface area (Å²) in [5.41, 5.74) is 32.6. The molecule has 18 heteroatoms. The molecule has 2 aliphatic heterocycles. The molecule has 1 saturated carbocycles. The smallest absolute Gasteiger partial charge is 0.306 e. The summed E-state index contributed by atoms with van der Waals surface area (Å²) in [4.78, 5) is 52.1. The van der Waals surface area contributed by atoms with Crippen molar-refractivity contribution in [2.45, 2.75) is 255 Å². The molecule has 0 amide bonds. The average Bonchev–Trinajstić information content (AvgIpc) is 3.26. The lowest BCUT2D eigenvalue weighted by atomic mass is 9.84. The van der Waals surface area contributed by atoms with Gasteiger partial charge in [0.2, 0.25) is 0 Å². The van der Waals surface area contributed by atoms with Gasteiger partial charge in [0, 0.05) is 50.7 Å². The SMILES string of the molecule is CCCCCCC(=O)OCC1OC(OC2C(N)CC(N)C(OC3OC(CN)C(OC(=O)CCCCCC)CC3N)C2O)C(OC(=O)CCCCCC)C(N)C1OC(=O)CCCCCC. The van der Waals surface area contributed by atoms with Crippen molar-refractivity contribution in [3.05, 3.63) is 0 Å². The Bertz CT molecular complexity index is 1350. The van der Waals surface area contributed by atoms with Crippen LogP contribution in [0.4, 0.5) is 0 Å². The standard InChI is InChI=1S/C46H85N5O13/c1-5-9-13-17-21-35(52)57-28-34-43(61-37(54)23-19-15-11-7-3)39(51)44(62-38(55)24-20-16-12-8-4)46(60-34)64-42-30(49)25-29(48)41(40(42)56)63-45-31(50)26-32(33(27-47)59-45)58-36(53)22-18-14-10-6-2/h29-34,39-46,56H,5-28,47-51H2,1-4H3. The minimum absolute atomic E-state index is 0.0126. The normalized spacial score (nSPS) is 31.8. The highest BCUT2D eigenvalue weighted by Crippen LogP contribution is 2.33. The first-order chi connectivity index (χ1) is 30.8. The van der Waals surface area contributed by atoms with E-state index in [2.05, 4.69) is 27.7 Å². The molecule has 1 aliphatic carbocycles. The summed E-state index contributed by atoms with van der Waals surface area (Å²) in [5, 5.41) is 12.0. The van der Waals surface area contributed by atoms with Crippen LogP contribution in [0.25, 0.3) is 0 Å². The van der Waals surface area contributed by atoms with E-state index in [4.69, 9.17) is 66.6 Å². The third-order valence-electron chi connectivity index (χ3n) is 12.3. The van der Waals surface area contributed by atoms with Gasteiger partial charge in [-0.2, -0.15) is 0 Å².